The maximum Gasteiger partial charge on any atom is 0.124 e. The highest BCUT2D eigenvalue weighted by Gasteiger charge is 2.18. The summed E-state index contributed by atoms with van der Waals surface area (Å²) in [6.07, 6.45) is 0. The van der Waals surface area contributed by atoms with Gasteiger partial charge in [-0.25, -0.2) is 4.98 Å². The molecular weight excluding hydrogens is 681 g/mol. The molecular formula is C49H32N2S2. The summed E-state index contributed by atoms with van der Waals surface area (Å²) in [7, 11) is 0. The minimum atomic E-state index is 1.05. The van der Waals surface area contributed by atoms with Crippen LogP contribution in [0.25, 0.3) is 74.3 Å². The van der Waals surface area contributed by atoms with Gasteiger partial charge in [0.2, 0.25) is 0 Å². The summed E-state index contributed by atoms with van der Waals surface area (Å²) in [5.74, 6) is 0. The fourth-order valence-corrected chi connectivity index (χ4v) is 9.56. The molecule has 0 aliphatic rings. The zero-order chi connectivity index (χ0) is 35.1. The Morgan fingerprint density at radius 2 is 0.868 bits per heavy atom. The third kappa shape index (κ3) is 5.88. The van der Waals surface area contributed by atoms with Crippen LogP contribution < -0.4 is 4.90 Å². The first-order valence-corrected chi connectivity index (χ1v) is 19.4. The first-order valence-electron chi connectivity index (χ1n) is 17.8. The first-order chi connectivity index (χ1) is 26.2. The predicted molar refractivity (Wildman–Crippen MR) is 229 cm³/mol. The average Bonchev–Trinajstić information content (AvgIpc) is 3.84. The van der Waals surface area contributed by atoms with Crippen molar-refractivity contribution in [3.8, 4) is 44.0 Å². The van der Waals surface area contributed by atoms with E-state index in [4.69, 9.17) is 4.98 Å². The number of thiazole rings is 1. The Bertz CT molecular complexity index is 2860. The Morgan fingerprint density at radius 1 is 0.358 bits per heavy atom. The van der Waals surface area contributed by atoms with Gasteiger partial charge in [0, 0.05) is 42.8 Å². The SMILES string of the molecule is c1ccc(-c2ccc(-c3ccc(N(c4cccc(-c5ccccc5)c4)c4ccc5sc6ccc7nc(-c8ccccc8)sc7c6c5c4)cc3)cc2)cc1. The molecule has 250 valence electrons. The van der Waals surface area contributed by atoms with Crippen molar-refractivity contribution in [3.05, 3.63) is 194 Å². The third-order valence-corrected chi connectivity index (χ3v) is 12.2. The Morgan fingerprint density at radius 3 is 1.53 bits per heavy atom. The number of rotatable bonds is 7. The number of anilines is 3. The number of fused-ring (bicyclic) bond motifs is 5. The second-order valence-corrected chi connectivity index (χ2v) is 15.3. The van der Waals surface area contributed by atoms with Crippen LogP contribution in [0.15, 0.2) is 194 Å². The van der Waals surface area contributed by atoms with Gasteiger partial charge in [0.05, 0.1) is 10.2 Å². The van der Waals surface area contributed by atoms with Gasteiger partial charge in [-0.3, -0.25) is 0 Å². The van der Waals surface area contributed by atoms with E-state index in [1.807, 2.05) is 11.3 Å². The number of thiophene rings is 1. The fourth-order valence-electron chi connectivity index (χ4n) is 7.27. The molecule has 4 heteroatoms. The molecule has 0 N–H and O–H groups in total. The number of nitrogens with zero attached hydrogens (tertiary/aromatic N) is 2. The van der Waals surface area contributed by atoms with Crippen LogP contribution in [0.2, 0.25) is 0 Å². The lowest BCUT2D eigenvalue weighted by molar-refractivity contribution is 1.29. The Labute approximate surface area is 316 Å². The molecule has 8 aromatic carbocycles. The maximum atomic E-state index is 5.08. The molecule has 0 amide bonds. The summed E-state index contributed by atoms with van der Waals surface area (Å²) in [5, 5.41) is 3.60. The minimum absolute atomic E-state index is 1.05. The highest BCUT2D eigenvalue weighted by atomic mass is 32.1. The molecule has 53 heavy (non-hydrogen) atoms. The van der Waals surface area contributed by atoms with E-state index in [1.165, 1.54) is 58.3 Å². The van der Waals surface area contributed by atoms with Crippen molar-refractivity contribution >= 4 is 70.1 Å². The molecule has 2 heterocycles. The Kier molecular flexibility index (Phi) is 7.90. The topological polar surface area (TPSA) is 16.1 Å². The number of aromatic nitrogens is 1. The molecule has 10 aromatic rings. The summed E-state index contributed by atoms with van der Waals surface area (Å²) in [6.45, 7) is 0. The highest BCUT2D eigenvalue weighted by molar-refractivity contribution is 7.28. The second-order valence-electron chi connectivity index (χ2n) is 13.2. The number of hydrogen-bond donors (Lipinski definition) is 0. The molecule has 0 saturated heterocycles. The van der Waals surface area contributed by atoms with Gasteiger partial charge in [-0.1, -0.05) is 140 Å². The van der Waals surface area contributed by atoms with Gasteiger partial charge >= 0.3 is 0 Å². The van der Waals surface area contributed by atoms with E-state index in [1.54, 1.807) is 11.3 Å². The zero-order valence-electron chi connectivity index (χ0n) is 28.7. The van der Waals surface area contributed by atoms with Gasteiger partial charge in [-0.2, -0.15) is 0 Å². The minimum Gasteiger partial charge on any atom is -0.310 e. The quantitative estimate of drug-likeness (QED) is 0.164. The van der Waals surface area contributed by atoms with Gasteiger partial charge in [0.15, 0.2) is 0 Å². The van der Waals surface area contributed by atoms with Crippen LogP contribution >= 0.6 is 22.7 Å². The molecule has 0 spiro atoms. The molecule has 0 saturated carbocycles. The van der Waals surface area contributed by atoms with Crippen LogP contribution in [0.5, 0.6) is 0 Å². The van der Waals surface area contributed by atoms with E-state index >= 15 is 0 Å². The van der Waals surface area contributed by atoms with Gasteiger partial charge in [0.25, 0.3) is 0 Å². The number of hydrogen-bond acceptors (Lipinski definition) is 4. The van der Waals surface area contributed by atoms with Gasteiger partial charge in [-0.15, -0.1) is 22.7 Å². The molecule has 0 fully saturated rings. The predicted octanol–water partition coefficient (Wildman–Crippen LogP) is 14.8. The smallest absolute Gasteiger partial charge is 0.124 e. The molecule has 2 nitrogen and oxygen atoms in total. The van der Waals surface area contributed by atoms with Crippen molar-refractivity contribution in [2.24, 2.45) is 0 Å². The molecule has 2 aromatic heterocycles. The lowest BCUT2D eigenvalue weighted by Crippen LogP contribution is -2.10. The summed E-state index contributed by atoms with van der Waals surface area (Å²) in [4.78, 5) is 7.47. The van der Waals surface area contributed by atoms with Crippen LogP contribution in [-0.2, 0) is 0 Å². The largest absolute Gasteiger partial charge is 0.310 e. The van der Waals surface area contributed by atoms with Crippen molar-refractivity contribution in [1.82, 2.24) is 4.98 Å². The molecule has 0 unspecified atom stereocenters. The lowest BCUT2D eigenvalue weighted by atomic mass is 10.00. The van der Waals surface area contributed by atoms with E-state index in [9.17, 15) is 0 Å². The second kappa shape index (κ2) is 13.3. The van der Waals surface area contributed by atoms with Crippen LogP contribution in [0.4, 0.5) is 17.1 Å². The Balaban J connectivity index is 1.09. The van der Waals surface area contributed by atoms with Gasteiger partial charge in [-0.05, 0) is 88.0 Å². The van der Waals surface area contributed by atoms with Crippen molar-refractivity contribution < 1.29 is 0 Å². The van der Waals surface area contributed by atoms with Crippen molar-refractivity contribution in [2.75, 3.05) is 4.90 Å². The van der Waals surface area contributed by atoms with Gasteiger partial charge in [0.1, 0.15) is 5.01 Å². The van der Waals surface area contributed by atoms with E-state index < -0.39 is 0 Å². The summed E-state index contributed by atoms with van der Waals surface area (Å²) >= 11 is 3.64. The first kappa shape index (κ1) is 31.4. The molecule has 0 radical (unpaired) electrons. The zero-order valence-corrected chi connectivity index (χ0v) is 30.3. The maximum absolute atomic E-state index is 5.08. The van der Waals surface area contributed by atoms with Crippen molar-refractivity contribution in [3.63, 3.8) is 0 Å². The van der Waals surface area contributed by atoms with E-state index in [0.29, 0.717) is 0 Å². The summed E-state index contributed by atoms with van der Waals surface area (Å²) < 4.78 is 3.80. The normalized spacial score (nSPS) is 11.4. The standard InChI is InChI=1S/C49H32N2S2/c1-4-11-33(12-5-1)35-19-21-36(22-20-35)37-23-25-40(26-24-37)51(41-18-10-17-39(31-41)34-13-6-2-7-14-34)42-27-29-45-43(32-42)47-46(52-45)30-28-44-48(47)53-49(50-44)38-15-8-3-9-16-38/h1-32H. The van der Waals surface area contributed by atoms with Crippen molar-refractivity contribution in [1.29, 1.82) is 0 Å². The fraction of sp³-hybridized carbons (Fsp3) is 0. The summed E-state index contributed by atoms with van der Waals surface area (Å²) in [5.41, 5.74) is 12.8. The number of benzene rings is 8. The lowest BCUT2D eigenvalue weighted by Gasteiger charge is -2.26. The molecule has 0 atom stereocenters. The molecule has 0 bridgehead atoms. The molecule has 0 aliphatic carbocycles. The molecule has 10 rings (SSSR count). The highest BCUT2D eigenvalue weighted by Crippen LogP contribution is 2.45. The molecule has 0 aliphatic heterocycles. The third-order valence-electron chi connectivity index (χ3n) is 9.91. The van der Waals surface area contributed by atoms with E-state index in [0.717, 1.165) is 33.1 Å². The van der Waals surface area contributed by atoms with Crippen LogP contribution in [-0.4, -0.2) is 4.98 Å². The van der Waals surface area contributed by atoms with Crippen LogP contribution in [0.1, 0.15) is 0 Å². The van der Waals surface area contributed by atoms with E-state index in [-0.39, 0.29) is 0 Å². The average molecular weight is 713 g/mol. The van der Waals surface area contributed by atoms with Gasteiger partial charge < -0.3 is 4.90 Å². The van der Waals surface area contributed by atoms with Crippen LogP contribution in [0, 0.1) is 0 Å². The monoisotopic (exact) mass is 712 g/mol. The van der Waals surface area contributed by atoms with E-state index in [2.05, 4.69) is 199 Å². The van der Waals surface area contributed by atoms with Crippen LogP contribution in [0.3, 0.4) is 0 Å². The summed E-state index contributed by atoms with van der Waals surface area (Å²) in [6, 6.07) is 69.7. The van der Waals surface area contributed by atoms with Crippen molar-refractivity contribution in [2.45, 2.75) is 0 Å². The Hall–Kier alpha value is -6.33.